The van der Waals surface area contributed by atoms with Crippen LogP contribution in [0.3, 0.4) is 0 Å². The first-order valence-electron chi connectivity index (χ1n) is 5.96. The van der Waals surface area contributed by atoms with Crippen molar-refractivity contribution in [3.8, 4) is 0 Å². The van der Waals surface area contributed by atoms with Gasteiger partial charge >= 0.3 is 0 Å². The van der Waals surface area contributed by atoms with Gasteiger partial charge in [0.2, 0.25) is 5.13 Å². The van der Waals surface area contributed by atoms with Gasteiger partial charge in [-0.25, -0.2) is 0 Å². The lowest BCUT2D eigenvalue weighted by atomic mass is 10.0. The molecule has 0 fully saturated rings. The molecule has 2 aromatic heterocycles. The summed E-state index contributed by atoms with van der Waals surface area (Å²) in [6.07, 6.45) is 0. The molecule has 0 saturated carbocycles. The van der Waals surface area contributed by atoms with E-state index in [0.29, 0.717) is 15.7 Å². The molecule has 0 atom stereocenters. The second-order valence-electron chi connectivity index (χ2n) is 4.42. The lowest BCUT2D eigenvalue weighted by molar-refractivity contribution is 0.0948. The Morgan fingerprint density at radius 2 is 2.00 bits per heavy atom. The molecule has 0 unspecified atom stereocenters. The minimum absolute atomic E-state index is 0.130. The second-order valence-corrected chi connectivity index (χ2v) is 5.51. The highest BCUT2D eigenvalue weighted by Gasteiger charge is 2.17. The second kappa shape index (κ2) is 5.41. The largest absolute Gasteiger partial charge is 0.374 e. The zero-order chi connectivity index (χ0) is 14.9. The molecule has 0 aromatic carbocycles. The van der Waals surface area contributed by atoms with Crippen molar-refractivity contribution in [2.24, 2.45) is 0 Å². The molecule has 0 aliphatic rings. The molecule has 2 heterocycles. The topological polar surface area (TPSA) is 114 Å². The van der Waals surface area contributed by atoms with Gasteiger partial charge in [0.1, 0.15) is 10.6 Å². The molecule has 0 radical (unpaired) electrons. The molecule has 7 nitrogen and oxygen atoms in total. The standard InChI is InChI=1S/C12H15N5O2S/c1-5-6(2)9(11(19)15-7(5)3)10(18)14-4-8-16-17-12(13)20-8/h4H2,1-3H3,(H2,13,17)(H,14,18)(H,15,19). The van der Waals surface area contributed by atoms with Crippen molar-refractivity contribution in [1.82, 2.24) is 20.5 Å². The van der Waals surface area contributed by atoms with Crippen molar-refractivity contribution in [2.45, 2.75) is 27.3 Å². The van der Waals surface area contributed by atoms with Crippen LogP contribution in [0.1, 0.15) is 32.2 Å². The third kappa shape index (κ3) is 2.69. The normalized spacial score (nSPS) is 10.6. The number of nitrogens with zero attached hydrogens (tertiary/aromatic N) is 2. The summed E-state index contributed by atoms with van der Waals surface area (Å²) in [4.78, 5) is 26.7. The predicted octanol–water partition coefficient (Wildman–Crippen LogP) is 0.664. The van der Waals surface area contributed by atoms with Crippen LogP contribution in [0.15, 0.2) is 4.79 Å². The number of amides is 1. The molecule has 0 saturated heterocycles. The van der Waals surface area contributed by atoms with E-state index < -0.39 is 5.91 Å². The third-order valence-electron chi connectivity index (χ3n) is 3.14. The molecule has 0 bridgehead atoms. The number of hydrogen-bond donors (Lipinski definition) is 3. The number of rotatable bonds is 3. The molecule has 8 heteroatoms. The Hall–Kier alpha value is -2.22. The number of aryl methyl sites for hydroxylation is 1. The Morgan fingerprint density at radius 3 is 2.60 bits per heavy atom. The number of H-pyrrole nitrogens is 1. The number of carbonyl (C=O) groups is 1. The first-order valence-corrected chi connectivity index (χ1v) is 6.78. The van der Waals surface area contributed by atoms with Crippen LogP contribution < -0.4 is 16.6 Å². The van der Waals surface area contributed by atoms with Crippen molar-refractivity contribution in [1.29, 1.82) is 0 Å². The van der Waals surface area contributed by atoms with E-state index in [-0.39, 0.29) is 17.7 Å². The van der Waals surface area contributed by atoms with Gasteiger partial charge in [0.25, 0.3) is 11.5 Å². The predicted molar refractivity (Wildman–Crippen MR) is 76.8 cm³/mol. The smallest absolute Gasteiger partial charge is 0.261 e. The Bertz CT molecular complexity index is 719. The van der Waals surface area contributed by atoms with Crippen LogP contribution in [-0.4, -0.2) is 21.1 Å². The third-order valence-corrected chi connectivity index (χ3v) is 3.89. The maximum absolute atomic E-state index is 12.1. The number of nitrogen functional groups attached to an aromatic ring is 1. The molecule has 0 aliphatic heterocycles. The van der Waals surface area contributed by atoms with Gasteiger partial charge in [-0.15, -0.1) is 10.2 Å². The molecular formula is C12H15N5O2S. The van der Waals surface area contributed by atoms with E-state index >= 15 is 0 Å². The first-order chi connectivity index (χ1) is 9.40. The van der Waals surface area contributed by atoms with Gasteiger partial charge in [0.15, 0.2) is 0 Å². The van der Waals surface area contributed by atoms with E-state index in [4.69, 9.17) is 5.73 Å². The molecule has 0 aliphatic carbocycles. The minimum Gasteiger partial charge on any atom is -0.374 e. The zero-order valence-corrected chi connectivity index (χ0v) is 12.2. The Morgan fingerprint density at radius 1 is 1.30 bits per heavy atom. The highest BCUT2D eigenvalue weighted by atomic mass is 32.1. The molecule has 20 heavy (non-hydrogen) atoms. The fourth-order valence-electron chi connectivity index (χ4n) is 1.82. The fourth-order valence-corrected chi connectivity index (χ4v) is 2.37. The SMILES string of the molecule is Cc1[nH]c(=O)c(C(=O)NCc2nnc(N)s2)c(C)c1C. The number of carbonyl (C=O) groups excluding carboxylic acids is 1. The van der Waals surface area contributed by atoms with Crippen molar-refractivity contribution in [3.63, 3.8) is 0 Å². The highest BCUT2D eigenvalue weighted by molar-refractivity contribution is 7.15. The van der Waals surface area contributed by atoms with Gasteiger partial charge in [-0.05, 0) is 31.9 Å². The monoisotopic (exact) mass is 293 g/mol. The average Bonchev–Trinajstić information content (AvgIpc) is 2.79. The molecular weight excluding hydrogens is 278 g/mol. The summed E-state index contributed by atoms with van der Waals surface area (Å²) in [6, 6.07) is 0. The van der Waals surface area contributed by atoms with Crippen molar-refractivity contribution in [2.75, 3.05) is 5.73 Å². The van der Waals surface area contributed by atoms with Gasteiger partial charge in [0.05, 0.1) is 6.54 Å². The maximum atomic E-state index is 12.1. The Balaban J connectivity index is 2.22. The summed E-state index contributed by atoms with van der Waals surface area (Å²) in [5.74, 6) is -0.430. The van der Waals surface area contributed by atoms with Gasteiger partial charge < -0.3 is 16.0 Å². The summed E-state index contributed by atoms with van der Waals surface area (Å²) in [5.41, 5.74) is 7.54. The lowest BCUT2D eigenvalue weighted by Crippen LogP contribution is -2.31. The number of aromatic amines is 1. The summed E-state index contributed by atoms with van der Waals surface area (Å²) in [5, 5.41) is 11.0. The highest BCUT2D eigenvalue weighted by Crippen LogP contribution is 2.13. The van der Waals surface area contributed by atoms with Crippen molar-refractivity contribution in [3.05, 3.63) is 37.7 Å². The quantitative estimate of drug-likeness (QED) is 0.769. The van der Waals surface area contributed by atoms with Gasteiger partial charge in [-0.2, -0.15) is 0 Å². The van der Waals surface area contributed by atoms with Gasteiger partial charge in [0, 0.05) is 5.69 Å². The van der Waals surface area contributed by atoms with Crippen LogP contribution in [0.25, 0.3) is 0 Å². The molecule has 4 N–H and O–H groups in total. The van der Waals surface area contributed by atoms with E-state index in [1.807, 2.05) is 6.92 Å². The summed E-state index contributed by atoms with van der Waals surface area (Å²) in [6.45, 7) is 5.62. The molecule has 2 rings (SSSR count). The summed E-state index contributed by atoms with van der Waals surface area (Å²) < 4.78 is 0. The van der Waals surface area contributed by atoms with Crippen LogP contribution in [0.5, 0.6) is 0 Å². The average molecular weight is 293 g/mol. The van der Waals surface area contributed by atoms with E-state index in [1.54, 1.807) is 13.8 Å². The fraction of sp³-hybridized carbons (Fsp3) is 0.333. The Labute approximate surface area is 119 Å². The number of nitrogens with two attached hydrogens (primary N) is 1. The number of anilines is 1. The van der Waals surface area contributed by atoms with Crippen molar-refractivity contribution >= 4 is 22.4 Å². The summed E-state index contributed by atoms with van der Waals surface area (Å²) >= 11 is 1.19. The maximum Gasteiger partial charge on any atom is 0.261 e. The molecule has 0 spiro atoms. The number of nitrogens with one attached hydrogen (secondary N) is 2. The minimum atomic E-state index is -0.430. The van der Waals surface area contributed by atoms with E-state index in [9.17, 15) is 9.59 Å². The number of pyridine rings is 1. The lowest BCUT2D eigenvalue weighted by Gasteiger charge is -2.10. The molecule has 2 aromatic rings. The van der Waals surface area contributed by atoms with Crippen LogP contribution in [0, 0.1) is 20.8 Å². The zero-order valence-electron chi connectivity index (χ0n) is 11.4. The first kappa shape index (κ1) is 14.2. The van der Waals surface area contributed by atoms with Crippen LogP contribution in [-0.2, 0) is 6.54 Å². The van der Waals surface area contributed by atoms with Crippen LogP contribution >= 0.6 is 11.3 Å². The molecule has 106 valence electrons. The van der Waals surface area contributed by atoms with E-state index in [2.05, 4.69) is 20.5 Å². The van der Waals surface area contributed by atoms with Gasteiger partial charge in [-0.3, -0.25) is 9.59 Å². The summed E-state index contributed by atoms with van der Waals surface area (Å²) in [7, 11) is 0. The van der Waals surface area contributed by atoms with Crippen LogP contribution in [0.2, 0.25) is 0 Å². The number of aromatic nitrogens is 3. The van der Waals surface area contributed by atoms with E-state index in [1.165, 1.54) is 11.3 Å². The molecule has 1 amide bonds. The Kier molecular flexibility index (Phi) is 3.84. The van der Waals surface area contributed by atoms with Crippen LogP contribution in [0.4, 0.5) is 5.13 Å². The number of hydrogen-bond acceptors (Lipinski definition) is 6. The van der Waals surface area contributed by atoms with E-state index in [0.717, 1.165) is 11.3 Å². The van der Waals surface area contributed by atoms with Gasteiger partial charge in [-0.1, -0.05) is 11.3 Å². The van der Waals surface area contributed by atoms with Crippen molar-refractivity contribution < 1.29 is 4.79 Å².